The maximum atomic E-state index is 13.3. The van der Waals surface area contributed by atoms with E-state index in [0.29, 0.717) is 18.6 Å². The zero-order valence-electron chi connectivity index (χ0n) is 7.82. The Morgan fingerprint density at radius 3 is 2.86 bits per heavy atom. The SMILES string of the molecule is OCC1COC(c2ccccc2F)C1. The summed E-state index contributed by atoms with van der Waals surface area (Å²) in [6.45, 7) is 0.639. The van der Waals surface area contributed by atoms with Crippen molar-refractivity contribution in [3.05, 3.63) is 35.6 Å². The van der Waals surface area contributed by atoms with Gasteiger partial charge < -0.3 is 9.84 Å². The van der Waals surface area contributed by atoms with Crippen LogP contribution in [-0.4, -0.2) is 18.3 Å². The number of aliphatic hydroxyl groups excluding tert-OH is 1. The van der Waals surface area contributed by atoms with Gasteiger partial charge in [-0.15, -0.1) is 0 Å². The first kappa shape index (κ1) is 9.62. The number of rotatable bonds is 2. The Bertz CT molecular complexity index is 314. The minimum absolute atomic E-state index is 0.116. The molecule has 0 saturated carbocycles. The van der Waals surface area contributed by atoms with E-state index < -0.39 is 0 Å². The summed E-state index contributed by atoms with van der Waals surface area (Å²) in [7, 11) is 0. The van der Waals surface area contributed by atoms with E-state index in [0.717, 1.165) is 0 Å². The lowest BCUT2D eigenvalue weighted by atomic mass is 10.0. The van der Waals surface area contributed by atoms with E-state index in [-0.39, 0.29) is 24.4 Å². The van der Waals surface area contributed by atoms with Crippen molar-refractivity contribution in [1.29, 1.82) is 0 Å². The molecule has 2 atom stereocenters. The van der Waals surface area contributed by atoms with Crippen LogP contribution in [0.2, 0.25) is 0 Å². The minimum Gasteiger partial charge on any atom is -0.396 e. The predicted octanol–water partition coefficient (Wildman–Crippen LogP) is 1.90. The summed E-state index contributed by atoms with van der Waals surface area (Å²) in [6, 6.07) is 6.63. The fourth-order valence-corrected chi connectivity index (χ4v) is 1.77. The second kappa shape index (κ2) is 4.07. The summed E-state index contributed by atoms with van der Waals surface area (Å²) >= 11 is 0. The third-order valence-corrected chi connectivity index (χ3v) is 2.59. The average Bonchev–Trinajstić information content (AvgIpc) is 2.67. The molecule has 0 spiro atoms. The highest BCUT2D eigenvalue weighted by molar-refractivity contribution is 5.20. The lowest BCUT2D eigenvalue weighted by Crippen LogP contribution is -2.04. The molecule has 0 radical (unpaired) electrons. The second-order valence-electron chi connectivity index (χ2n) is 3.63. The van der Waals surface area contributed by atoms with Gasteiger partial charge in [0.1, 0.15) is 5.82 Å². The molecule has 0 aromatic heterocycles. The summed E-state index contributed by atoms with van der Waals surface area (Å²) < 4.78 is 18.8. The fourth-order valence-electron chi connectivity index (χ4n) is 1.77. The first-order valence-corrected chi connectivity index (χ1v) is 4.78. The van der Waals surface area contributed by atoms with Crippen molar-refractivity contribution in [1.82, 2.24) is 0 Å². The molecule has 14 heavy (non-hydrogen) atoms. The van der Waals surface area contributed by atoms with Crippen LogP contribution in [0.1, 0.15) is 18.1 Å². The van der Waals surface area contributed by atoms with E-state index in [2.05, 4.69) is 0 Å². The van der Waals surface area contributed by atoms with Gasteiger partial charge in [0.2, 0.25) is 0 Å². The summed E-state index contributed by atoms with van der Waals surface area (Å²) in [5.74, 6) is -0.0734. The van der Waals surface area contributed by atoms with Gasteiger partial charge in [0, 0.05) is 18.1 Å². The van der Waals surface area contributed by atoms with Gasteiger partial charge in [0.15, 0.2) is 0 Å². The lowest BCUT2D eigenvalue weighted by Gasteiger charge is -2.10. The number of halogens is 1. The Balaban J connectivity index is 2.13. The monoisotopic (exact) mass is 196 g/mol. The highest BCUT2D eigenvalue weighted by Crippen LogP contribution is 2.33. The zero-order valence-corrected chi connectivity index (χ0v) is 7.82. The van der Waals surface area contributed by atoms with Crippen LogP contribution in [0.25, 0.3) is 0 Å². The number of aliphatic hydroxyl groups is 1. The number of benzene rings is 1. The maximum absolute atomic E-state index is 13.3. The molecule has 1 heterocycles. The van der Waals surface area contributed by atoms with Crippen LogP contribution in [0.3, 0.4) is 0 Å². The van der Waals surface area contributed by atoms with Crippen molar-refractivity contribution >= 4 is 0 Å². The third kappa shape index (κ3) is 1.79. The van der Waals surface area contributed by atoms with Gasteiger partial charge >= 0.3 is 0 Å². The van der Waals surface area contributed by atoms with Gasteiger partial charge in [-0.2, -0.15) is 0 Å². The van der Waals surface area contributed by atoms with Crippen LogP contribution in [0.15, 0.2) is 24.3 Å². The van der Waals surface area contributed by atoms with Gasteiger partial charge in [-0.1, -0.05) is 18.2 Å². The van der Waals surface area contributed by atoms with E-state index in [1.807, 2.05) is 0 Å². The fraction of sp³-hybridized carbons (Fsp3) is 0.455. The molecule has 2 unspecified atom stereocenters. The van der Waals surface area contributed by atoms with E-state index in [9.17, 15) is 4.39 Å². The van der Waals surface area contributed by atoms with E-state index >= 15 is 0 Å². The Labute approximate surface area is 82.3 Å². The summed E-state index contributed by atoms with van der Waals surface area (Å²) in [4.78, 5) is 0. The third-order valence-electron chi connectivity index (χ3n) is 2.59. The molecule has 76 valence electrons. The molecule has 1 saturated heterocycles. The number of hydrogen-bond donors (Lipinski definition) is 1. The molecular weight excluding hydrogens is 183 g/mol. The molecule has 1 aromatic carbocycles. The van der Waals surface area contributed by atoms with Crippen molar-refractivity contribution in [3.63, 3.8) is 0 Å². The predicted molar refractivity (Wildman–Crippen MR) is 50.3 cm³/mol. The Morgan fingerprint density at radius 2 is 2.21 bits per heavy atom. The van der Waals surface area contributed by atoms with Crippen LogP contribution in [-0.2, 0) is 4.74 Å². The first-order chi connectivity index (χ1) is 6.81. The Kier molecular flexibility index (Phi) is 2.79. The van der Waals surface area contributed by atoms with Crippen molar-refractivity contribution < 1.29 is 14.2 Å². The molecule has 2 rings (SSSR count). The maximum Gasteiger partial charge on any atom is 0.129 e. The molecule has 1 aliphatic rings. The molecule has 1 fully saturated rings. The van der Waals surface area contributed by atoms with Gasteiger partial charge in [-0.25, -0.2) is 4.39 Å². The van der Waals surface area contributed by atoms with Gasteiger partial charge in [-0.3, -0.25) is 0 Å². The molecule has 0 aliphatic carbocycles. The van der Waals surface area contributed by atoms with Crippen LogP contribution in [0.4, 0.5) is 4.39 Å². The largest absolute Gasteiger partial charge is 0.396 e. The average molecular weight is 196 g/mol. The van der Waals surface area contributed by atoms with Gasteiger partial charge in [0.05, 0.1) is 12.7 Å². The molecular formula is C11H13FO2. The van der Waals surface area contributed by atoms with E-state index in [1.165, 1.54) is 6.07 Å². The normalized spacial score (nSPS) is 26.7. The second-order valence-corrected chi connectivity index (χ2v) is 3.63. The topological polar surface area (TPSA) is 29.5 Å². The van der Waals surface area contributed by atoms with Crippen molar-refractivity contribution in [2.75, 3.05) is 13.2 Å². The van der Waals surface area contributed by atoms with Crippen LogP contribution in [0.5, 0.6) is 0 Å². The molecule has 0 amide bonds. The smallest absolute Gasteiger partial charge is 0.129 e. The summed E-state index contributed by atoms with van der Waals surface area (Å²) in [6.07, 6.45) is 0.519. The molecule has 3 heteroatoms. The van der Waals surface area contributed by atoms with Crippen LogP contribution < -0.4 is 0 Å². The van der Waals surface area contributed by atoms with Gasteiger partial charge in [0.25, 0.3) is 0 Å². The zero-order chi connectivity index (χ0) is 9.97. The molecule has 1 N–H and O–H groups in total. The molecule has 1 aliphatic heterocycles. The lowest BCUT2D eigenvalue weighted by molar-refractivity contribution is 0.0990. The van der Waals surface area contributed by atoms with E-state index in [4.69, 9.17) is 9.84 Å². The van der Waals surface area contributed by atoms with Crippen molar-refractivity contribution in [2.24, 2.45) is 5.92 Å². The number of hydrogen-bond acceptors (Lipinski definition) is 2. The summed E-state index contributed by atoms with van der Waals surface area (Å²) in [5, 5.41) is 8.93. The van der Waals surface area contributed by atoms with E-state index in [1.54, 1.807) is 18.2 Å². The summed E-state index contributed by atoms with van der Waals surface area (Å²) in [5.41, 5.74) is 0.600. The standard InChI is InChI=1S/C11H13FO2/c12-10-4-2-1-3-9(10)11-5-8(6-13)7-14-11/h1-4,8,11,13H,5-7H2. The molecule has 1 aromatic rings. The van der Waals surface area contributed by atoms with Crippen molar-refractivity contribution in [3.8, 4) is 0 Å². The van der Waals surface area contributed by atoms with Crippen molar-refractivity contribution in [2.45, 2.75) is 12.5 Å². The molecule has 0 bridgehead atoms. The highest BCUT2D eigenvalue weighted by Gasteiger charge is 2.27. The first-order valence-electron chi connectivity index (χ1n) is 4.78. The quantitative estimate of drug-likeness (QED) is 0.782. The van der Waals surface area contributed by atoms with Gasteiger partial charge in [-0.05, 0) is 12.5 Å². The minimum atomic E-state index is -0.226. The van der Waals surface area contributed by atoms with Crippen LogP contribution >= 0.6 is 0 Å². The highest BCUT2D eigenvalue weighted by atomic mass is 19.1. The Hall–Kier alpha value is -0.930. The van der Waals surface area contributed by atoms with Crippen LogP contribution in [0, 0.1) is 11.7 Å². The molecule has 2 nitrogen and oxygen atoms in total. The Morgan fingerprint density at radius 1 is 1.43 bits per heavy atom. The number of ether oxygens (including phenoxy) is 1.